The van der Waals surface area contributed by atoms with E-state index in [1.54, 1.807) is 6.07 Å². The molecule has 2 rings (SSSR count). The number of rotatable bonds is 6. The molecule has 1 saturated heterocycles. The maximum Gasteiger partial charge on any atom is 0.343 e. The number of urea groups is 1. The highest BCUT2D eigenvalue weighted by Gasteiger charge is 2.50. The molecule has 1 fully saturated rings. The van der Waals surface area contributed by atoms with E-state index in [2.05, 4.69) is 10.4 Å². The van der Waals surface area contributed by atoms with Gasteiger partial charge in [0.25, 0.3) is 0 Å². The topological polar surface area (TPSA) is 68.2 Å². The minimum absolute atomic E-state index is 0.104. The van der Waals surface area contributed by atoms with Gasteiger partial charge in [0.2, 0.25) is 0 Å². The molecule has 2 amide bonds. The molecular formula is C17H22ClFN4O2S2. The number of carbonyl (C=O) groups excluding carboxylic acids is 1. The number of hydroxylamine groups is 2. The average molecular weight is 433 g/mol. The number of benzene rings is 1. The Morgan fingerprint density at radius 3 is 2.93 bits per heavy atom. The fourth-order valence-corrected chi connectivity index (χ4v) is 4.54. The van der Waals surface area contributed by atoms with Crippen molar-refractivity contribution in [3.63, 3.8) is 0 Å². The highest BCUT2D eigenvalue weighted by atomic mass is 35.5. The minimum Gasteiger partial charge on any atom is -0.336 e. The van der Waals surface area contributed by atoms with Crippen molar-refractivity contribution in [3.05, 3.63) is 34.6 Å². The van der Waals surface area contributed by atoms with Crippen molar-refractivity contribution >= 4 is 52.1 Å². The molecule has 10 heteroatoms. The number of hydrogen-bond donors (Lipinski definition) is 2. The number of amides is 2. The van der Waals surface area contributed by atoms with Gasteiger partial charge in [-0.25, -0.2) is 14.2 Å². The minimum atomic E-state index is -0.863. The molecule has 0 radical (unpaired) electrons. The Labute approximate surface area is 172 Å². The van der Waals surface area contributed by atoms with E-state index >= 15 is 0 Å². The lowest BCUT2D eigenvalue weighted by molar-refractivity contribution is -0.118. The Hall–Kier alpha value is -1.42. The number of nitrogens with one attached hydrogen (secondary N) is 1. The summed E-state index contributed by atoms with van der Waals surface area (Å²) >= 11 is 12.6. The molecule has 1 aromatic rings. The van der Waals surface area contributed by atoms with Crippen LogP contribution in [0.3, 0.4) is 0 Å². The summed E-state index contributed by atoms with van der Waals surface area (Å²) in [6.45, 7) is 6.12. The molecule has 0 saturated carbocycles. The van der Waals surface area contributed by atoms with E-state index in [9.17, 15) is 14.4 Å². The highest BCUT2D eigenvalue weighted by Crippen LogP contribution is 2.42. The van der Waals surface area contributed by atoms with Crippen molar-refractivity contribution in [2.45, 2.75) is 44.5 Å². The third kappa shape index (κ3) is 5.10. The molecule has 0 aromatic heterocycles. The van der Waals surface area contributed by atoms with Gasteiger partial charge < -0.3 is 5.32 Å². The number of hydrazone groups is 1. The molecule has 1 aromatic carbocycles. The zero-order valence-corrected chi connectivity index (χ0v) is 17.7. The third-order valence-electron chi connectivity index (χ3n) is 3.95. The van der Waals surface area contributed by atoms with Gasteiger partial charge in [-0.3, -0.25) is 5.21 Å². The van der Waals surface area contributed by atoms with E-state index in [1.807, 2.05) is 20.8 Å². The molecule has 1 atom stereocenters. The molecule has 0 bridgehead atoms. The summed E-state index contributed by atoms with van der Waals surface area (Å²) in [5.74, 6) is -0.530. The highest BCUT2D eigenvalue weighted by molar-refractivity contribution is 8.24. The molecule has 1 heterocycles. The monoisotopic (exact) mass is 432 g/mol. The standard InChI is InChI=1S/C17H22ClFN4O2S2/c1-4-5-9-20-15(24)23(25)14-17(2,3)27-16(26)22(14)21-10-11-12(18)7-6-8-13(11)19/h6-8,10,14,25H,4-5,9H2,1-3H3,(H,20,24)/b21-10-/t14-/m0/s1. The first kappa shape index (κ1) is 21.9. The second kappa shape index (κ2) is 9.18. The quantitative estimate of drug-likeness (QED) is 0.228. The van der Waals surface area contributed by atoms with Gasteiger partial charge in [-0.1, -0.05) is 55.0 Å². The van der Waals surface area contributed by atoms with Crippen LogP contribution in [0.1, 0.15) is 39.2 Å². The number of thiocarbonyl (C=S) groups is 1. The Balaban J connectivity index is 2.26. The van der Waals surface area contributed by atoms with E-state index in [1.165, 1.54) is 35.1 Å². The van der Waals surface area contributed by atoms with Gasteiger partial charge in [-0.2, -0.15) is 10.2 Å². The van der Waals surface area contributed by atoms with Gasteiger partial charge in [-0.15, -0.1) is 0 Å². The Morgan fingerprint density at radius 2 is 2.30 bits per heavy atom. The average Bonchev–Trinajstić information content (AvgIpc) is 2.82. The van der Waals surface area contributed by atoms with Crippen molar-refractivity contribution in [1.29, 1.82) is 0 Å². The van der Waals surface area contributed by atoms with Gasteiger partial charge in [0, 0.05) is 12.1 Å². The van der Waals surface area contributed by atoms with Crippen LogP contribution in [-0.2, 0) is 0 Å². The summed E-state index contributed by atoms with van der Waals surface area (Å²) < 4.78 is 13.7. The zero-order chi connectivity index (χ0) is 20.2. The maximum absolute atomic E-state index is 14.0. The van der Waals surface area contributed by atoms with Gasteiger partial charge in [0.05, 0.1) is 16.0 Å². The van der Waals surface area contributed by atoms with Gasteiger partial charge >= 0.3 is 6.03 Å². The zero-order valence-electron chi connectivity index (χ0n) is 15.3. The predicted octanol–water partition coefficient (Wildman–Crippen LogP) is 4.45. The van der Waals surface area contributed by atoms with Crippen LogP contribution in [0.4, 0.5) is 9.18 Å². The van der Waals surface area contributed by atoms with E-state index in [-0.39, 0.29) is 10.6 Å². The normalized spacial score (nSPS) is 19.0. The van der Waals surface area contributed by atoms with Crippen LogP contribution in [0.25, 0.3) is 0 Å². The van der Waals surface area contributed by atoms with Gasteiger partial charge in [0.15, 0.2) is 10.5 Å². The number of thioether (sulfide) groups is 1. The molecule has 2 N–H and O–H groups in total. The second-order valence-electron chi connectivity index (χ2n) is 6.50. The summed E-state index contributed by atoms with van der Waals surface area (Å²) in [7, 11) is 0. The number of carbonyl (C=O) groups is 1. The molecule has 148 valence electrons. The number of nitrogens with zero attached hydrogens (tertiary/aromatic N) is 3. The van der Waals surface area contributed by atoms with Crippen LogP contribution < -0.4 is 5.32 Å². The van der Waals surface area contributed by atoms with Crippen LogP contribution in [0.2, 0.25) is 5.02 Å². The second-order valence-corrected chi connectivity index (χ2v) is 9.19. The van der Waals surface area contributed by atoms with Crippen molar-refractivity contribution in [2.75, 3.05) is 6.54 Å². The van der Waals surface area contributed by atoms with Crippen LogP contribution in [-0.4, -0.2) is 49.3 Å². The summed E-state index contributed by atoms with van der Waals surface area (Å²) in [4.78, 5) is 12.3. The molecule has 27 heavy (non-hydrogen) atoms. The Morgan fingerprint density at radius 1 is 1.59 bits per heavy atom. The molecule has 0 aliphatic carbocycles. The maximum atomic E-state index is 14.0. The molecule has 1 aliphatic rings. The molecule has 6 nitrogen and oxygen atoms in total. The predicted molar refractivity (Wildman–Crippen MR) is 111 cm³/mol. The molecule has 0 spiro atoms. The molecular weight excluding hydrogens is 411 g/mol. The van der Waals surface area contributed by atoms with Crippen molar-refractivity contribution in [1.82, 2.24) is 15.4 Å². The summed E-state index contributed by atoms with van der Waals surface area (Å²) in [6.07, 6.45) is 2.09. The molecule has 0 unspecified atom stereocenters. The third-order valence-corrected chi connectivity index (χ3v) is 5.81. The van der Waals surface area contributed by atoms with E-state index in [0.717, 1.165) is 12.8 Å². The van der Waals surface area contributed by atoms with Crippen molar-refractivity contribution in [3.8, 4) is 0 Å². The van der Waals surface area contributed by atoms with Crippen LogP contribution >= 0.6 is 35.6 Å². The number of halogens is 2. The van der Waals surface area contributed by atoms with E-state index in [0.29, 0.717) is 15.9 Å². The van der Waals surface area contributed by atoms with Crippen LogP contribution in [0.15, 0.2) is 23.3 Å². The largest absolute Gasteiger partial charge is 0.343 e. The lowest BCUT2D eigenvalue weighted by Gasteiger charge is -2.34. The summed E-state index contributed by atoms with van der Waals surface area (Å²) in [5, 5.41) is 19.4. The summed E-state index contributed by atoms with van der Waals surface area (Å²) in [6, 6.07) is 3.67. The number of unbranched alkanes of at least 4 members (excludes halogenated alkanes) is 1. The SMILES string of the molecule is CCCCNC(=O)N(O)[C@@H]1N(/N=C\c2c(F)cccc2Cl)C(=S)SC1(C)C. The van der Waals surface area contributed by atoms with Gasteiger partial charge in [0.1, 0.15) is 5.82 Å². The van der Waals surface area contributed by atoms with Crippen LogP contribution in [0.5, 0.6) is 0 Å². The first-order valence-electron chi connectivity index (χ1n) is 8.45. The van der Waals surface area contributed by atoms with Crippen LogP contribution in [0, 0.1) is 5.82 Å². The lowest BCUT2D eigenvalue weighted by Crippen LogP contribution is -2.55. The lowest BCUT2D eigenvalue weighted by atomic mass is 10.1. The van der Waals surface area contributed by atoms with E-state index in [4.69, 9.17) is 23.8 Å². The van der Waals surface area contributed by atoms with Crippen molar-refractivity contribution < 1.29 is 14.4 Å². The first-order valence-corrected chi connectivity index (χ1v) is 10.1. The summed E-state index contributed by atoms with van der Waals surface area (Å²) in [5.41, 5.74) is 0.104. The van der Waals surface area contributed by atoms with E-state index < -0.39 is 22.8 Å². The number of hydrogen-bond acceptors (Lipinski definition) is 5. The molecule has 1 aliphatic heterocycles. The fraction of sp³-hybridized carbons (Fsp3) is 0.471. The fourth-order valence-electron chi connectivity index (χ4n) is 2.55. The Bertz CT molecular complexity index is 727. The first-order chi connectivity index (χ1) is 12.7. The smallest absolute Gasteiger partial charge is 0.336 e. The van der Waals surface area contributed by atoms with Gasteiger partial charge in [-0.05, 0) is 32.4 Å². The van der Waals surface area contributed by atoms with Crippen molar-refractivity contribution in [2.24, 2.45) is 5.10 Å². The Kier molecular flexibility index (Phi) is 7.44.